The standard InChI is InChI=1S/C19H19N5O3S2/c1-11-2-4-13-14(8-11)29-19(21-13)23-17(27)12-3-5-16(26)24(9-12)10-15(25)22-18-20-6-7-28-18/h3,5-7,9,11H,2,4,8,10H2,1H3,(H,20,22,25)(H,21,23,27)/t11-/m0/s1. The molecule has 10 heteroatoms. The zero-order valence-electron chi connectivity index (χ0n) is 15.7. The van der Waals surface area contributed by atoms with Crippen molar-refractivity contribution >= 4 is 44.8 Å². The van der Waals surface area contributed by atoms with Gasteiger partial charge < -0.3 is 9.88 Å². The first-order chi connectivity index (χ1) is 14.0. The highest BCUT2D eigenvalue weighted by Gasteiger charge is 2.21. The van der Waals surface area contributed by atoms with Crippen LogP contribution in [-0.4, -0.2) is 26.3 Å². The topological polar surface area (TPSA) is 106 Å². The summed E-state index contributed by atoms with van der Waals surface area (Å²) in [5, 5.41) is 8.19. The normalized spacial score (nSPS) is 15.6. The Kier molecular flexibility index (Phi) is 5.54. The zero-order valence-corrected chi connectivity index (χ0v) is 17.3. The van der Waals surface area contributed by atoms with Crippen molar-refractivity contribution in [1.82, 2.24) is 14.5 Å². The third-order valence-corrected chi connectivity index (χ3v) is 6.37. The lowest BCUT2D eigenvalue weighted by Crippen LogP contribution is -2.28. The van der Waals surface area contributed by atoms with Gasteiger partial charge in [-0.25, -0.2) is 9.97 Å². The van der Waals surface area contributed by atoms with Crippen LogP contribution >= 0.6 is 22.7 Å². The fraction of sp³-hybridized carbons (Fsp3) is 0.316. The largest absolute Gasteiger partial charge is 0.305 e. The molecule has 0 saturated carbocycles. The van der Waals surface area contributed by atoms with Gasteiger partial charge in [0.15, 0.2) is 10.3 Å². The van der Waals surface area contributed by atoms with E-state index in [2.05, 4.69) is 27.5 Å². The van der Waals surface area contributed by atoms with Gasteiger partial charge in [0.2, 0.25) is 5.91 Å². The number of nitrogens with zero attached hydrogens (tertiary/aromatic N) is 3. The van der Waals surface area contributed by atoms with Crippen LogP contribution in [0.25, 0.3) is 0 Å². The van der Waals surface area contributed by atoms with Gasteiger partial charge in [-0.2, -0.15) is 0 Å². The monoisotopic (exact) mass is 429 g/mol. The molecule has 0 aliphatic heterocycles. The number of carbonyl (C=O) groups excluding carboxylic acids is 2. The van der Waals surface area contributed by atoms with Crippen molar-refractivity contribution in [3.8, 4) is 0 Å². The van der Waals surface area contributed by atoms with Crippen LogP contribution in [-0.2, 0) is 24.2 Å². The van der Waals surface area contributed by atoms with Crippen molar-refractivity contribution in [2.75, 3.05) is 10.6 Å². The lowest BCUT2D eigenvalue weighted by molar-refractivity contribution is -0.116. The summed E-state index contributed by atoms with van der Waals surface area (Å²) in [6.07, 6.45) is 5.99. The van der Waals surface area contributed by atoms with E-state index in [1.807, 2.05) is 0 Å². The van der Waals surface area contributed by atoms with E-state index in [1.54, 1.807) is 11.6 Å². The van der Waals surface area contributed by atoms with Crippen molar-refractivity contribution in [1.29, 1.82) is 0 Å². The first kappa shape index (κ1) is 19.5. The molecular weight excluding hydrogens is 410 g/mol. The van der Waals surface area contributed by atoms with E-state index in [9.17, 15) is 14.4 Å². The third-order valence-electron chi connectivity index (χ3n) is 4.64. The Hall–Kier alpha value is -2.85. The Morgan fingerprint density at radius 3 is 2.93 bits per heavy atom. The van der Waals surface area contributed by atoms with Crippen LogP contribution in [0.1, 0.15) is 34.3 Å². The van der Waals surface area contributed by atoms with Gasteiger partial charge in [0.1, 0.15) is 6.54 Å². The van der Waals surface area contributed by atoms with Gasteiger partial charge in [0.25, 0.3) is 11.5 Å². The lowest BCUT2D eigenvalue weighted by atomic mass is 9.93. The van der Waals surface area contributed by atoms with Crippen LogP contribution < -0.4 is 16.2 Å². The van der Waals surface area contributed by atoms with Gasteiger partial charge in [0.05, 0.1) is 11.3 Å². The Morgan fingerprint density at radius 2 is 2.14 bits per heavy atom. The van der Waals surface area contributed by atoms with Crippen LogP contribution in [0.3, 0.4) is 0 Å². The molecule has 0 radical (unpaired) electrons. The number of aromatic nitrogens is 3. The van der Waals surface area contributed by atoms with Gasteiger partial charge in [-0.1, -0.05) is 6.92 Å². The first-order valence-corrected chi connectivity index (χ1v) is 10.9. The second-order valence-electron chi connectivity index (χ2n) is 6.96. The molecule has 0 bridgehead atoms. The molecule has 150 valence electrons. The van der Waals surface area contributed by atoms with E-state index in [4.69, 9.17) is 0 Å². The molecule has 0 unspecified atom stereocenters. The molecule has 1 aliphatic rings. The van der Waals surface area contributed by atoms with Gasteiger partial charge in [0, 0.05) is 28.7 Å². The summed E-state index contributed by atoms with van der Waals surface area (Å²) in [5.41, 5.74) is 0.981. The molecule has 3 aromatic heterocycles. The molecule has 2 amide bonds. The number of hydrogen-bond donors (Lipinski definition) is 2. The molecule has 3 heterocycles. The van der Waals surface area contributed by atoms with Crippen molar-refractivity contribution in [2.45, 2.75) is 32.7 Å². The summed E-state index contributed by atoms with van der Waals surface area (Å²) in [6, 6.07) is 2.72. The minimum atomic E-state index is -0.388. The number of hydrogen-bond acceptors (Lipinski definition) is 7. The SMILES string of the molecule is C[C@H]1CCc2nc(NC(=O)c3ccc(=O)n(CC(=O)Nc4nccs4)c3)sc2C1. The van der Waals surface area contributed by atoms with Crippen LogP contribution in [0.15, 0.2) is 34.7 Å². The Balaban J connectivity index is 1.46. The first-order valence-electron chi connectivity index (χ1n) is 9.17. The van der Waals surface area contributed by atoms with Crippen molar-refractivity contribution in [2.24, 2.45) is 5.92 Å². The van der Waals surface area contributed by atoms with E-state index >= 15 is 0 Å². The van der Waals surface area contributed by atoms with E-state index in [1.165, 1.54) is 50.4 Å². The van der Waals surface area contributed by atoms with Gasteiger partial charge >= 0.3 is 0 Å². The van der Waals surface area contributed by atoms with Gasteiger partial charge in [-0.15, -0.1) is 22.7 Å². The number of aryl methyl sites for hydroxylation is 1. The fourth-order valence-electron chi connectivity index (χ4n) is 3.15. The molecule has 0 aromatic carbocycles. The highest BCUT2D eigenvalue weighted by molar-refractivity contribution is 7.16. The Morgan fingerprint density at radius 1 is 1.28 bits per heavy atom. The molecule has 1 aliphatic carbocycles. The summed E-state index contributed by atoms with van der Waals surface area (Å²) in [4.78, 5) is 46.6. The molecule has 0 spiro atoms. The number of thiazole rings is 2. The average molecular weight is 430 g/mol. The number of nitrogens with one attached hydrogen (secondary N) is 2. The fourth-order valence-corrected chi connectivity index (χ4v) is 4.86. The molecule has 8 nitrogen and oxygen atoms in total. The maximum Gasteiger partial charge on any atom is 0.258 e. The highest BCUT2D eigenvalue weighted by Crippen LogP contribution is 2.32. The van der Waals surface area contributed by atoms with Crippen LogP contribution in [0, 0.1) is 5.92 Å². The number of anilines is 2. The van der Waals surface area contributed by atoms with Crippen LogP contribution in [0.2, 0.25) is 0 Å². The summed E-state index contributed by atoms with van der Waals surface area (Å²) in [5.74, 6) is -0.120. The van der Waals surface area contributed by atoms with Crippen LogP contribution in [0.5, 0.6) is 0 Å². The summed E-state index contributed by atoms with van der Waals surface area (Å²) < 4.78 is 1.20. The molecule has 2 N–H and O–H groups in total. The number of amides is 2. The van der Waals surface area contributed by atoms with E-state index in [0.29, 0.717) is 16.2 Å². The predicted octanol–water partition coefficient (Wildman–Crippen LogP) is 2.78. The van der Waals surface area contributed by atoms with Crippen molar-refractivity contribution in [3.05, 3.63) is 56.4 Å². The number of fused-ring (bicyclic) bond motifs is 1. The number of carbonyl (C=O) groups is 2. The highest BCUT2D eigenvalue weighted by atomic mass is 32.1. The maximum atomic E-state index is 12.6. The molecule has 4 rings (SSSR count). The van der Waals surface area contributed by atoms with Gasteiger partial charge in [-0.05, 0) is 31.2 Å². The van der Waals surface area contributed by atoms with E-state index in [-0.39, 0.29) is 29.5 Å². The average Bonchev–Trinajstić information content (AvgIpc) is 3.32. The maximum absolute atomic E-state index is 12.6. The molecule has 1 atom stereocenters. The number of pyridine rings is 1. The van der Waals surface area contributed by atoms with Gasteiger partial charge in [-0.3, -0.25) is 19.7 Å². The van der Waals surface area contributed by atoms with E-state index in [0.717, 1.165) is 25.0 Å². The van der Waals surface area contributed by atoms with E-state index < -0.39 is 0 Å². The number of rotatable bonds is 5. The minimum absolute atomic E-state index is 0.205. The van der Waals surface area contributed by atoms with Crippen molar-refractivity contribution < 1.29 is 9.59 Å². The quantitative estimate of drug-likeness (QED) is 0.649. The molecule has 3 aromatic rings. The molecular formula is C19H19N5O3S2. The van der Waals surface area contributed by atoms with Crippen LogP contribution in [0.4, 0.5) is 10.3 Å². The minimum Gasteiger partial charge on any atom is -0.305 e. The third kappa shape index (κ3) is 4.60. The Labute approximate surface area is 174 Å². The van der Waals surface area contributed by atoms with Crippen molar-refractivity contribution in [3.63, 3.8) is 0 Å². The predicted molar refractivity (Wildman–Crippen MR) is 113 cm³/mol. The summed E-state index contributed by atoms with van der Waals surface area (Å²) in [6.45, 7) is 2.01. The zero-order chi connectivity index (χ0) is 20.4. The lowest BCUT2D eigenvalue weighted by Gasteiger charge is -2.15. The smallest absolute Gasteiger partial charge is 0.258 e. The summed E-state index contributed by atoms with van der Waals surface area (Å²) in [7, 11) is 0. The second kappa shape index (κ2) is 8.26. The second-order valence-corrected chi connectivity index (χ2v) is 8.94. The summed E-state index contributed by atoms with van der Waals surface area (Å²) >= 11 is 2.79. The Bertz CT molecular complexity index is 1100. The molecule has 0 fully saturated rings. The molecule has 29 heavy (non-hydrogen) atoms. The molecule has 0 saturated heterocycles.